The third kappa shape index (κ3) is 4.19. The molecule has 2 aromatic carbocycles. The lowest BCUT2D eigenvalue weighted by Gasteiger charge is -2.19. The second kappa shape index (κ2) is 9.06. The van der Waals surface area contributed by atoms with Crippen molar-refractivity contribution in [2.45, 2.75) is 19.8 Å². The van der Waals surface area contributed by atoms with E-state index in [0.29, 0.717) is 19.1 Å². The molecule has 0 fully saturated rings. The number of nitrogens with one attached hydrogen (secondary N) is 1. The molecule has 26 heavy (non-hydrogen) atoms. The normalized spacial score (nSPS) is 13.5. The summed E-state index contributed by atoms with van der Waals surface area (Å²) in [6.07, 6.45) is -0.430. The average Bonchev–Trinajstić information content (AvgIpc) is 2.94. The molecule has 1 amide bonds. The first-order valence-electron chi connectivity index (χ1n) is 8.81. The van der Waals surface area contributed by atoms with Crippen molar-refractivity contribution in [3.63, 3.8) is 0 Å². The van der Waals surface area contributed by atoms with Crippen molar-refractivity contribution in [1.29, 1.82) is 0 Å². The Hall–Kier alpha value is -2.04. The summed E-state index contributed by atoms with van der Waals surface area (Å²) in [4.78, 5) is 12.1. The van der Waals surface area contributed by atoms with Crippen molar-refractivity contribution in [1.82, 2.24) is 5.32 Å². The average molecular weight is 376 g/mol. The summed E-state index contributed by atoms with van der Waals surface area (Å²) >= 11 is 0. The van der Waals surface area contributed by atoms with Crippen LogP contribution < -0.4 is 5.32 Å². The molecule has 0 saturated carbocycles. The van der Waals surface area contributed by atoms with Crippen molar-refractivity contribution >= 4 is 18.5 Å². The molecular formula is C21H26ClNO3. The van der Waals surface area contributed by atoms with Gasteiger partial charge in [-0.25, -0.2) is 4.79 Å². The Morgan fingerprint density at radius 2 is 1.62 bits per heavy atom. The number of carbonyl (C=O) groups is 1. The molecule has 4 nitrogen and oxygen atoms in total. The van der Waals surface area contributed by atoms with Crippen molar-refractivity contribution in [2.24, 2.45) is 11.8 Å². The van der Waals surface area contributed by atoms with E-state index in [0.717, 1.165) is 0 Å². The molecule has 0 unspecified atom stereocenters. The fourth-order valence-corrected chi connectivity index (χ4v) is 3.37. The number of halogens is 1. The highest BCUT2D eigenvalue weighted by Crippen LogP contribution is 2.44. The zero-order valence-corrected chi connectivity index (χ0v) is 16.0. The molecule has 1 aliphatic carbocycles. The summed E-state index contributed by atoms with van der Waals surface area (Å²) in [6, 6.07) is 16.5. The molecule has 0 radical (unpaired) electrons. The number of fused-ring (bicyclic) bond motifs is 3. The quantitative estimate of drug-likeness (QED) is 0.795. The lowest BCUT2D eigenvalue weighted by molar-refractivity contribution is 0.134. The first kappa shape index (κ1) is 20.3. The van der Waals surface area contributed by atoms with Crippen molar-refractivity contribution in [3.8, 4) is 11.1 Å². The molecule has 0 aliphatic heterocycles. The van der Waals surface area contributed by atoms with Crippen LogP contribution >= 0.6 is 12.4 Å². The SMILES string of the molecule is CC(C)[C@H](CO)CNC(=O)OCC1c2ccccc2-c2ccccc21.Cl. The van der Waals surface area contributed by atoms with Crippen LogP contribution in [0.4, 0.5) is 4.79 Å². The van der Waals surface area contributed by atoms with Crippen LogP contribution in [0.3, 0.4) is 0 Å². The molecule has 0 spiro atoms. The minimum atomic E-state index is -0.430. The summed E-state index contributed by atoms with van der Waals surface area (Å²) in [6.45, 7) is 4.85. The zero-order chi connectivity index (χ0) is 17.8. The molecule has 140 valence electrons. The van der Waals surface area contributed by atoms with Crippen molar-refractivity contribution < 1.29 is 14.6 Å². The van der Waals surface area contributed by atoms with Gasteiger partial charge in [0.15, 0.2) is 0 Å². The van der Waals surface area contributed by atoms with Crippen LogP contribution in [0.15, 0.2) is 48.5 Å². The molecule has 3 rings (SSSR count). The van der Waals surface area contributed by atoms with E-state index in [1.807, 2.05) is 38.1 Å². The zero-order valence-electron chi connectivity index (χ0n) is 15.1. The molecular weight excluding hydrogens is 350 g/mol. The minimum Gasteiger partial charge on any atom is -0.449 e. The van der Waals surface area contributed by atoms with Gasteiger partial charge in [0.25, 0.3) is 0 Å². The van der Waals surface area contributed by atoms with Crippen LogP contribution in [0.2, 0.25) is 0 Å². The minimum absolute atomic E-state index is 0. The summed E-state index contributed by atoms with van der Waals surface area (Å²) < 4.78 is 5.48. The molecule has 1 aliphatic rings. The number of hydrogen-bond acceptors (Lipinski definition) is 3. The first-order chi connectivity index (χ1) is 12.1. The van der Waals surface area contributed by atoms with Gasteiger partial charge in [-0.1, -0.05) is 62.4 Å². The van der Waals surface area contributed by atoms with Crippen molar-refractivity contribution in [2.75, 3.05) is 19.8 Å². The Bertz CT molecular complexity index is 702. The van der Waals surface area contributed by atoms with Crippen LogP contribution in [-0.2, 0) is 4.74 Å². The van der Waals surface area contributed by atoms with Gasteiger partial charge in [-0.15, -0.1) is 12.4 Å². The van der Waals surface area contributed by atoms with E-state index < -0.39 is 6.09 Å². The summed E-state index contributed by atoms with van der Waals surface area (Å²) in [5, 5.41) is 12.1. The molecule has 0 aromatic heterocycles. The second-order valence-corrected chi connectivity index (χ2v) is 6.89. The van der Waals surface area contributed by atoms with E-state index in [1.165, 1.54) is 22.3 Å². The molecule has 5 heteroatoms. The van der Waals surface area contributed by atoms with Gasteiger partial charge in [-0.05, 0) is 28.2 Å². The second-order valence-electron chi connectivity index (χ2n) is 6.89. The Morgan fingerprint density at radius 1 is 1.08 bits per heavy atom. The molecule has 2 aromatic rings. The predicted molar refractivity (Wildman–Crippen MR) is 106 cm³/mol. The Labute approximate surface area is 161 Å². The number of amides is 1. The van der Waals surface area contributed by atoms with Gasteiger partial charge in [0.2, 0.25) is 0 Å². The Balaban J connectivity index is 0.00000243. The van der Waals surface area contributed by atoms with E-state index >= 15 is 0 Å². The van der Waals surface area contributed by atoms with E-state index in [-0.39, 0.29) is 30.8 Å². The summed E-state index contributed by atoms with van der Waals surface area (Å²) in [5.74, 6) is 0.413. The number of hydrogen-bond donors (Lipinski definition) is 2. The van der Waals surface area contributed by atoms with Crippen molar-refractivity contribution in [3.05, 3.63) is 59.7 Å². The smallest absolute Gasteiger partial charge is 0.407 e. The highest BCUT2D eigenvalue weighted by Gasteiger charge is 2.29. The molecule has 0 bridgehead atoms. The van der Waals surface area contributed by atoms with Crippen LogP contribution in [0.5, 0.6) is 0 Å². The monoisotopic (exact) mass is 375 g/mol. The number of rotatable bonds is 6. The third-order valence-corrected chi connectivity index (χ3v) is 5.03. The van der Waals surface area contributed by atoms with E-state index in [4.69, 9.17) is 4.74 Å². The van der Waals surface area contributed by atoms with Gasteiger partial charge in [0.05, 0.1) is 0 Å². The highest BCUT2D eigenvalue weighted by atomic mass is 35.5. The molecule has 0 heterocycles. The first-order valence-corrected chi connectivity index (χ1v) is 8.81. The molecule has 0 saturated heterocycles. The maximum Gasteiger partial charge on any atom is 0.407 e. The van der Waals surface area contributed by atoms with Gasteiger partial charge >= 0.3 is 6.09 Å². The fraction of sp³-hybridized carbons (Fsp3) is 0.381. The topological polar surface area (TPSA) is 58.6 Å². The van der Waals surface area contributed by atoms with Gasteiger partial charge in [0, 0.05) is 25.0 Å². The maximum absolute atomic E-state index is 12.1. The lowest BCUT2D eigenvalue weighted by atomic mass is 9.97. The fourth-order valence-electron chi connectivity index (χ4n) is 3.37. The van der Waals surface area contributed by atoms with E-state index in [9.17, 15) is 9.90 Å². The number of ether oxygens (including phenoxy) is 1. The van der Waals surface area contributed by atoms with Gasteiger partial charge < -0.3 is 15.2 Å². The number of aliphatic hydroxyl groups excluding tert-OH is 1. The van der Waals surface area contributed by atoms with Gasteiger partial charge in [-0.2, -0.15) is 0 Å². The molecule has 2 N–H and O–H groups in total. The van der Waals surface area contributed by atoms with Gasteiger partial charge in [-0.3, -0.25) is 0 Å². The Kier molecular flexibility index (Phi) is 7.06. The number of carbonyl (C=O) groups excluding carboxylic acids is 1. The molecule has 1 atom stereocenters. The van der Waals surface area contributed by atoms with Crippen LogP contribution in [-0.4, -0.2) is 31.0 Å². The predicted octanol–water partition coefficient (Wildman–Crippen LogP) is 4.21. The van der Waals surface area contributed by atoms with Crippen LogP contribution in [0, 0.1) is 11.8 Å². The maximum atomic E-state index is 12.1. The highest BCUT2D eigenvalue weighted by molar-refractivity contribution is 5.85. The lowest BCUT2D eigenvalue weighted by Crippen LogP contribution is -2.34. The Morgan fingerprint density at radius 3 is 2.12 bits per heavy atom. The number of benzene rings is 2. The largest absolute Gasteiger partial charge is 0.449 e. The standard InChI is InChI=1S/C21H25NO3.ClH/c1-14(2)15(12-23)11-22-21(24)25-13-20-18-9-5-3-7-16(18)17-8-4-6-10-19(17)20;/h3-10,14-15,20,23H,11-13H2,1-2H3,(H,22,24);1H/t15-;/m0./s1. The van der Waals surface area contributed by atoms with Crippen LogP contribution in [0.1, 0.15) is 30.9 Å². The van der Waals surface area contributed by atoms with E-state index in [2.05, 4.69) is 29.6 Å². The van der Waals surface area contributed by atoms with E-state index in [1.54, 1.807) is 0 Å². The number of alkyl carbamates (subject to hydrolysis) is 1. The summed E-state index contributed by atoms with van der Waals surface area (Å²) in [5.41, 5.74) is 4.83. The van der Waals surface area contributed by atoms with Gasteiger partial charge in [0.1, 0.15) is 6.61 Å². The third-order valence-electron chi connectivity index (χ3n) is 5.03. The summed E-state index contributed by atoms with van der Waals surface area (Å²) in [7, 11) is 0. The number of aliphatic hydroxyl groups is 1. The van der Waals surface area contributed by atoms with Crippen LogP contribution in [0.25, 0.3) is 11.1 Å².